The Hall–Kier alpha value is -2.33. The Morgan fingerprint density at radius 3 is 2.61 bits per heavy atom. The number of fused-ring (bicyclic) bond motifs is 2. The summed E-state index contributed by atoms with van der Waals surface area (Å²) in [6.07, 6.45) is -0.796. The van der Waals surface area contributed by atoms with Crippen LogP contribution in [0.15, 0.2) is 48.5 Å². The van der Waals surface area contributed by atoms with Crippen LogP contribution in [0, 0.1) is 0 Å². The minimum absolute atomic E-state index is 0.0304. The second kappa shape index (κ2) is 4.83. The first-order valence-electron chi connectivity index (χ1n) is 7.84. The van der Waals surface area contributed by atoms with Crippen LogP contribution < -0.4 is 4.74 Å². The lowest BCUT2D eigenvalue weighted by Crippen LogP contribution is -2.53. The zero-order chi connectivity index (χ0) is 16.2. The van der Waals surface area contributed by atoms with Crippen LogP contribution in [0.2, 0.25) is 0 Å². The first-order valence-corrected chi connectivity index (χ1v) is 7.84. The van der Waals surface area contributed by atoms with E-state index >= 15 is 0 Å². The van der Waals surface area contributed by atoms with Crippen LogP contribution in [-0.2, 0) is 6.54 Å². The molecule has 0 aromatic heterocycles. The molecule has 2 aromatic rings. The smallest absolute Gasteiger partial charge is 0.255 e. The summed E-state index contributed by atoms with van der Waals surface area (Å²) in [6, 6.07) is 14.9. The summed E-state index contributed by atoms with van der Waals surface area (Å²) in [5, 5.41) is 10.9. The van der Waals surface area contributed by atoms with Crippen LogP contribution >= 0.6 is 0 Å². The minimum atomic E-state index is -0.796. The Morgan fingerprint density at radius 2 is 1.83 bits per heavy atom. The zero-order valence-corrected chi connectivity index (χ0v) is 13.2. The third-order valence-electron chi connectivity index (χ3n) is 4.81. The van der Waals surface area contributed by atoms with E-state index in [-0.39, 0.29) is 5.91 Å². The highest BCUT2D eigenvalue weighted by Crippen LogP contribution is 2.45. The van der Waals surface area contributed by atoms with Crippen molar-refractivity contribution in [1.29, 1.82) is 0 Å². The first-order chi connectivity index (χ1) is 11.0. The van der Waals surface area contributed by atoms with E-state index in [9.17, 15) is 9.90 Å². The Balaban J connectivity index is 1.81. The molecule has 0 fully saturated rings. The molecule has 0 spiro atoms. The molecule has 0 bridgehead atoms. The van der Waals surface area contributed by atoms with Crippen molar-refractivity contribution in [1.82, 2.24) is 4.90 Å². The van der Waals surface area contributed by atoms with Gasteiger partial charge in [-0.15, -0.1) is 0 Å². The molecule has 4 nitrogen and oxygen atoms in total. The van der Waals surface area contributed by atoms with Crippen LogP contribution in [0.4, 0.5) is 0 Å². The van der Waals surface area contributed by atoms with E-state index in [1.807, 2.05) is 62.4 Å². The number of benzene rings is 2. The summed E-state index contributed by atoms with van der Waals surface area (Å²) in [6.45, 7) is 4.23. The van der Waals surface area contributed by atoms with E-state index in [0.717, 1.165) is 22.4 Å². The van der Waals surface area contributed by atoms with Gasteiger partial charge in [-0.3, -0.25) is 4.79 Å². The summed E-state index contributed by atoms with van der Waals surface area (Å²) in [7, 11) is 0. The van der Waals surface area contributed by atoms with Crippen molar-refractivity contribution in [2.24, 2.45) is 0 Å². The Bertz CT molecular complexity index is 784. The van der Waals surface area contributed by atoms with E-state index in [0.29, 0.717) is 6.54 Å². The Kier molecular flexibility index (Phi) is 3.00. The number of carbonyl (C=O) groups is 1. The molecule has 118 valence electrons. The molecule has 2 heterocycles. The molecule has 2 aromatic carbocycles. The number of hydrogen-bond acceptors (Lipinski definition) is 3. The molecule has 0 aliphatic carbocycles. The van der Waals surface area contributed by atoms with Crippen molar-refractivity contribution < 1.29 is 14.6 Å². The van der Waals surface area contributed by atoms with Gasteiger partial charge in [0.1, 0.15) is 17.5 Å². The fourth-order valence-corrected chi connectivity index (χ4v) is 3.55. The Labute approximate surface area is 135 Å². The number of rotatable bonds is 1. The molecule has 0 radical (unpaired) electrons. The average Bonchev–Trinajstić information content (AvgIpc) is 2.86. The fraction of sp³-hybridized carbons (Fsp3) is 0.316. The SMILES string of the molecule is CC1(C)Oc2ccccc2[C@@H](N2Cc3ccccc3C2=O)[C@@H]1O. The van der Waals surface area contributed by atoms with Crippen LogP contribution in [0.25, 0.3) is 0 Å². The summed E-state index contributed by atoms with van der Waals surface area (Å²) < 4.78 is 5.95. The lowest BCUT2D eigenvalue weighted by Gasteiger charge is -2.45. The van der Waals surface area contributed by atoms with Gasteiger partial charge in [-0.05, 0) is 31.5 Å². The molecule has 2 aliphatic heterocycles. The van der Waals surface area contributed by atoms with Gasteiger partial charge >= 0.3 is 0 Å². The summed E-state index contributed by atoms with van der Waals surface area (Å²) in [5.74, 6) is 0.703. The van der Waals surface area contributed by atoms with E-state index in [1.54, 1.807) is 4.90 Å². The number of aliphatic hydroxyl groups is 1. The number of amides is 1. The molecule has 1 amide bonds. The number of ether oxygens (including phenoxy) is 1. The lowest BCUT2D eigenvalue weighted by atomic mass is 9.85. The predicted octanol–water partition coefficient (Wildman–Crippen LogP) is 2.92. The number of aliphatic hydroxyl groups excluding tert-OH is 1. The third kappa shape index (κ3) is 2.05. The zero-order valence-electron chi connectivity index (χ0n) is 13.2. The summed E-state index contributed by atoms with van der Waals surface area (Å²) >= 11 is 0. The molecule has 0 saturated carbocycles. The molecule has 0 saturated heterocycles. The fourth-order valence-electron chi connectivity index (χ4n) is 3.55. The normalized spacial score (nSPS) is 24.8. The second-order valence-electron chi connectivity index (χ2n) is 6.72. The second-order valence-corrected chi connectivity index (χ2v) is 6.72. The van der Waals surface area contributed by atoms with Crippen molar-refractivity contribution >= 4 is 5.91 Å². The molecule has 23 heavy (non-hydrogen) atoms. The monoisotopic (exact) mass is 309 g/mol. The third-order valence-corrected chi connectivity index (χ3v) is 4.81. The van der Waals surface area contributed by atoms with Crippen molar-refractivity contribution in [3.05, 3.63) is 65.2 Å². The number of carbonyl (C=O) groups excluding carboxylic acids is 1. The molecule has 4 heteroatoms. The molecule has 2 aliphatic rings. The van der Waals surface area contributed by atoms with Crippen LogP contribution in [0.1, 0.15) is 41.4 Å². The molecule has 0 unspecified atom stereocenters. The van der Waals surface area contributed by atoms with Crippen LogP contribution in [0.3, 0.4) is 0 Å². The number of para-hydroxylation sites is 1. The van der Waals surface area contributed by atoms with E-state index in [4.69, 9.17) is 4.74 Å². The van der Waals surface area contributed by atoms with Gasteiger partial charge in [-0.25, -0.2) is 0 Å². The molecular formula is C19H19NO3. The minimum Gasteiger partial charge on any atom is -0.485 e. The average molecular weight is 309 g/mol. The molecule has 2 atom stereocenters. The quantitative estimate of drug-likeness (QED) is 0.881. The van der Waals surface area contributed by atoms with Gasteiger partial charge in [0.15, 0.2) is 0 Å². The number of hydrogen-bond donors (Lipinski definition) is 1. The van der Waals surface area contributed by atoms with Crippen LogP contribution in [-0.4, -0.2) is 27.6 Å². The highest BCUT2D eigenvalue weighted by Gasteiger charge is 2.48. The maximum atomic E-state index is 12.8. The molecular weight excluding hydrogens is 290 g/mol. The summed E-state index contributed by atoms with van der Waals surface area (Å²) in [4.78, 5) is 14.6. The first kappa shape index (κ1) is 14.3. The Morgan fingerprint density at radius 1 is 1.13 bits per heavy atom. The van der Waals surface area contributed by atoms with Gasteiger partial charge in [0.25, 0.3) is 5.91 Å². The topological polar surface area (TPSA) is 49.8 Å². The van der Waals surface area contributed by atoms with Crippen molar-refractivity contribution in [2.45, 2.75) is 38.1 Å². The van der Waals surface area contributed by atoms with Gasteiger partial charge in [-0.1, -0.05) is 36.4 Å². The van der Waals surface area contributed by atoms with Gasteiger partial charge in [-0.2, -0.15) is 0 Å². The lowest BCUT2D eigenvalue weighted by molar-refractivity contribution is -0.0867. The number of nitrogens with zero attached hydrogens (tertiary/aromatic N) is 1. The molecule has 1 N–H and O–H groups in total. The van der Waals surface area contributed by atoms with Gasteiger partial charge in [0, 0.05) is 17.7 Å². The van der Waals surface area contributed by atoms with Crippen molar-refractivity contribution in [3.8, 4) is 5.75 Å². The van der Waals surface area contributed by atoms with Gasteiger partial charge in [0.05, 0.1) is 6.04 Å². The van der Waals surface area contributed by atoms with Crippen molar-refractivity contribution in [3.63, 3.8) is 0 Å². The van der Waals surface area contributed by atoms with Gasteiger partial charge < -0.3 is 14.7 Å². The van der Waals surface area contributed by atoms with E-state index in [1.165, 1.54) is 0 Å². The highest BCUT2D eigenvalue weighted by atomic mass is 16.5. The maximum absolute atomic E-state index is 12.8. The predicted molar refractivity (Wildman–Crippen MR) is 86.2 cm³/mol. The van der Waals surface area contributed by atoms with Crippen molar-refractivity contribution in [2.75, 3.05) is 0 Å². The largest absolute Gasteiger partial charge is 0.485 e. The van der Waals surface area contributed by atoms with Crippen LogP contribution in [0.5, 0.6) is 5.75 Å². The van der Waals surface area contributed by atoms with Gasteiger partial charge in [0.2, 0.25) is 0 Å². The van der Waals surface area contributed by atoms with E-state index in [2.05, 4.69) is 0 Å². The standard InChI is InChI=1S/C19H19NO3/c1-19(2)17(21)16(14-9-5-6-10-15(14)23-19)20-11-12-7-3-4-8-13(12)18(20)22/h3-10,16-17,21H,11H2,1-2H3/t16-,17+/m1/s1. The molecule has 4 rings (SSSR count). The summed E-state index contributed by atoms with van der Waals surface area (Å²) in [5.41, 5.74) is 1.84. The highest BCUT2D eigenvalue weighted by molar-refractivity contribution is 5.98. The van der Waals surface area contributed by atoms with E-state index < -0.39 is 17.7 Å². The maximum Gasteiger partial charge on any atom is 0.255 e.